The minimum Gasteiger partial charge on any atom is -0.366 e. The van der Waals surface area contributed by atoms with Crippen LogP contribution in [-0.4, -0.2) is 20.2 Å². The number of amides is 2. The van der Waals surface area contributed by atoms with E-state index in [1.54, 1.807) is 11.3 Å². The summed E-state index contributed by atoms with van der Waals surface area (Å²) < 4.78 is 40.1. The van der Waals surface area contributed by atoms with E-state index in [1.807, 2.05) is 23.8 Å². The second-order valence-corrected chi connectivity index (χ2v) is 8.87. The number of carbonyl (C=O) groups is 2. The number of hydrogen-bond donors (Lipinski definition) is 2. The van der Waals surface area contributed by atoms with E-state index in [1.165, 1.54) is 0 Å². The molecule has 1 heterocycles. The summed E-state index contributed by atoms with van der Waals surface area (Å²) in [5.74, 6) is -3.02. The van der Waals surface area contributed by atoms with E-state index in [0.29, 0.717) is 6.42 Å². The molecule has 1 fully saturated rings. The van der Waals surface area contributed by atoms with Gasteiger partial charge >= 0.3 is 0 Å². The van der Waals surface area contributed by atoms with E-state index >= 15 is 0 Å². The standard InChI is InChI=1S/C16H15FN2O4S2/c1-8-2-5-14(24-8)10-7-11(10)16(21)19-25(22,23)9-3-4-13(17)12(6-9)15(18)20/h2-6,10-11H,7H2,1H3,(H2,18,20)(H,19,21)/t10-,11-/m0/s1. The van der Waals surface area contributed by atoms with E-state index in [0.717, 1.165) is 28.0 Å². The number of benzene rings is 1. The van der Waals surface area contributed by atoms with Crippen molar-refractivity contribution in [2.75, 3.05) is 0 Å². The number of sulfonamides is 1. The Morgan fingerprint density at radius 2 is 2.00 bits per heavy atom. The Kier molecular flexibility index (Phi) is 4.38. The number of primary amides is 1. The topological polar surface area (TPSA) is 106 Å². The van der Waals surface area contributed by atoms with Gasteiger partial charge in [0.25, 0.3) is 15.9 Å². The monoisotopic (exact) mass is 382 g/mol. The van der Waals surface area contributed by atoms with Crippen molar-refractivity contribution in [2.24, 2.45) is 11.7 Å². The number of nitrogens with two attached hydrogens (primary N) is 1. The lowest BCUT2D eigenvalue weighted by atomic mass is 10.2. The second-order valence-electron chi connectivity index (χ2n) is 5.87. The lowest BCUT2D eigenvalue weighted by Gasteiger charge is -2.08. The molecular formula is C16H15FN2O4S2. The van der Waals surface area contributed by atoms with Gasteiger partial charge in [0, 0.05) is 21.6 Å². The van der Waals surface area contributed by atoms with Crippen LogP contribution in [0.1, 0.15) is 32.5 Å². The van der Waals surface area contributed by atoms with Gasteiger partial charge in [-0.2, -0.15) is 0 Å². The van der Waals surface area contributed by atoms with Gasteiger partial charge in [-0.15, -0.1) is 11.3 Å². The van der Waals surface area contributed by atoms with Crippen molar-refractivity contribution >= 4 is 33.2 Å². The van der Waals surface area contributed by atoms with Crippen LogP contribution in [0.5, 0.6) is 0 Å². The third-order valence-corrected chi connectivity index (χ3v) is 6.48. The molecule has 0 radical (unpaired) electrons. The normalized spacial score (nSPS) is 19.4. The number of halogens is 1. The maximum absolute atomic E-state index is 13.5. The van der Waals surface area contributed by atoms with Gasteiger partial charge in [0.2, 0.25) is 5.91 Å². The van der Waals surface area contributed by atoms with Gasteiger partial charge in [-0.3, -0.25) is 9.59 Å². The van der Waals surface area contributed by atoms with E-state index in [4.69, 9.17) is 5.73 Å². The zero-order valence-electron chi connectivity index (χ0n) is 13.2. The fourth-order valence-electron chi connectivity index (χ4n) is 2.58. The fourth-order valence-corrected chi connectivity index (χ4v) is 4.69. The van der Waals surface area contributed by atoms with Crippen LogP contribution in [-0.2, 0) is 14.8 Å². The summed E-state index contributed by atoms with van der Waals surface area (Å²) in [6, 6.07) is 6.51. The Balaban J connectivity index is 1.75. The number of carbonyl (C=O) groups excluding carboxylic acids is 2. The third-order valence-electron chi connectivity index (χ3n) is 4.00. The van der Waals surface area contributed by atoms with Gasteiger partial charge < -0.3 is 5.73 Å². The Hall–Kier alpha value is -2.26. The van der Waals surface area contributed by atoms with Gasteiger partial charge in [0.05, 0.1) is 10.5 Å². The maximum Gasteiger partial charge on any atom is 0.264 e. The molecule has 1 aliphatic rings. The molecule has 3 N–H and O–H groups in total. The van der Waals surface area contributed by atoms with Crippen molar-refractivity contribution in [3.05, 3.63) is 51.5 Å². The molecule has 1 saturated carbocycles. The molecule has 25 heavy (non-hydrogen) atoms. The Labute approximate surface area is 147 Å². The summed E-state index contributed by atoms with van der Waals surface area (Å²) in [6.07, 6.45) is 0.581. The molecule has 9 heteroatoms. The van der Waals surface area contributed by atoms with E-state index < -0.39 is 39.1 Å². The predicted molar refractivity (Wildman–Crippen MR) is 90.2 cm³/mol. The summed E-state index contributed by atoms with van der Waals surface area (Å²) in [6.45, 7) is 1.96. The van der Waals surface area contributed by atoms with Crippen LogP contribution >= 0.6 is 11.3 Å². The molecule has 6 nitrogen and oxygen atoms in total. The molecule has 2 aromatic rings. The molecule has 0 bridgehead atoms. The summed E-state index contributed by atoms with van der Waals surface area (Å²) in [5.41, 5.74) is 4.46. The molecule has 0 spiro atoms. The molecular weight excluding hydrogens is 367 g/mol. The van der Waals surface area contributed by atoms with Crippen LogP contribution in [0.15, 0.2) is 35.2 Å². The molecule has 1 aromatic carbocycles. The third kappa shape index (κ3) is 3.57. The van der Waals surface area contributed by atoms with Crippen molar-refractivity contribution in [3.8, 4) is 0 Å². The number of aryl methyl sites for hydroxylation is 1. The average molecular weight is 382 g/mol. The van der Waals surface area contributed by atoms with Gasteiger partial charge in [-0.1, -0.05) is 0 Å². The van der Waals surface area contributed by atoms with E-state index in [2.05, 4.69) is 0 Å². The first-order valence-electron chi connectivity index (χ1n) is 7.41. The van der Waals surface area contributed by atoms with Gasteiger partial charge in [0.15, 0.2) is 0 Å². The molecule has 1 aliphatic carbocycles. The molecule has 3 rings (SSSR count). The highest BCUT2D eigenvalue weighted by atomic mass is 32.2. The first-order valence-corrected chi connectivity index (χ1v) is 9.71. The van der Waals surface area contributed by atoms with Crippen LogP contribution in [0, 0.1) is 18.7 Å². The Morgan fingerprint density at radius 1 is 1.28 bits per heavy atom. The minimum absolute atomic E-state index is 0.0169. The average Bonchev–Trinajstić information content (AvgIpc) is 3.22. The smallest absolute Gasteiger partial charge is 0.264 e. The summed E-state index contributed by atoms with van der Waals surface area (Å²) >= 11 is 1.58. The van der Waals surface area contributed by atoms with Gasteiger partial charge in [-0.25, -0.2) is 17.5 Å². The first kappa shape index (κ1) is 17.6. The van der Waals surface area contributed by atoms with Crippen LogP contribution in [0.2, 0.25) is 0 Å². The molecule has 132 valence electrons. The lowest BCUT2D eigenvalue weighted by Crippen LogP contribution is -2.32. The molecule has 2 amide bonds. The first-order chi connectivity index (χ1) is 11.7. The molecule has 1 aromatic heterocycles. The number of rotatable bonds is 5. The maximum atomic E-state index is 13.5. The van der Waals surface area contributed by atoms with E-state index in [9.17, 15) is 22.4 Å². The van der Waals surface area contributed by atoms with Crippen LogP contribution in [0.25, 0.3) is 0 Å². The minimum atomic E-state index is -4.21. The van der Waals surface area contributed by atoms with Crippen molar-refractivity contribution in [1.29, 1.82) is 0 Å². The van der Waals surface area contributed by atoms with Crippen molar-refractivity contribution in [3.63, 3.8) is 0 Å². The highest BCUT2D eigenvalue weighted by Gasteiger charge is 2.45. The molecule has 0 saturated heterocycles. The number of nitrogens with one attached hydrogen (secondary N) is 1. The van der Waals surface area contributed by atoms with Crippen molar-refractivity contribution in [1.82, 2.24) is 4.72 Å². The van der Waals surface area contributed by atoms with Gasteiger partial charge in [0.1, 0.15) is 5.82 Å². The Bertz CT molecular complexity index is 968. The molecule has 2 atom stereocenters. The number of thiophene rings is 1. The number of hydrogen-bond acceptors (Lipinski definition) is 5. The zero-order chi connectivity index (χ0) is 18.4. The Morgan fingerprint density at radius 3 is 2.60 bits per heavy atom. The fraction of sp³-hybridized carbons (Fsp3) is 0.250. The second kappa shape index (κ2) is 6.23. The zero-order valence-corrected chi connectivity index (χ0v) is 14.8. The largest absolute Gasteiger partial charge is 0.366 e. The SMILES string of the molecule is Cc1ccc([C@H]2C[C@@H]2C(=O)NS(=O)(=O)c2ccc(F)c(C(N)=O)c2)s1. The van der Waals surface area contributed by atoms with E-state index in [-0.39, 0.29) is 10.8 Å². The highest BCUT2D eigenvalue weighted by Crippen LogP contribution is 2.49. The summed E-state index contributed by atoms with van der Waals surface area (Å²) in [4.78, 5) is 25.1. The van der Waals surface area contributed by atoms with Crippen LogP contribution in [0.3, 0.4) is 0 Å². The lowest BCUT2D eigenvalue weighted by molar-refractivity contribution is -0.120. The summed E-state index contributed by atoms with van der Waals surface area (Å²) in [5, 5.41) is 0. The highest BCUT2D eigenvalue weighted by molar-refractivity contribution is 7.90. The van der Waals surface area contributed by atoms with Crippen molar-refractivity contribution in [2.45, 2.75) is 24.2 Å². The van der Waals surface area contributed by atoms with Crippen molar-refractivity contribution < 1.29 is 22.4 Å². The summed E-state index contributed by atoms with van der Waals surface area (Å²) in [7, 11) is -4.21. The van der Waals surface area contributed by atoms with Gasteiger partial charge in [-0.05, 0) is 43.7 Å². The quantitative estimate of drug-likeness (QED) is 0.824. The molecule has 0 aliphatic heterocycles. The molecule has 0 unspecified atom stereocenters. The van der Waals surface area contributed by atoms with Crippen LogP contribution in [0.4, 0.5) is 4.39 Å². The predicted octanol–water partition coefficient (Wildman–Crippen LogP) is 1.90. The van der Waals surface area contributed by atoms with Crippen LogP contribution < -0.4 is 10.5 Å².